The van der Waals surface area contributed by atoms with Crippen LogP contribution in [0.25, 0.3) is 10.9 Å². The molecule has 0 atom stereocenters. The minimum atomic E-state index is -0.398. The van der Waals surface area contributed by atoms with Gasteiger partial charge in [0.15, 0.2) is 0 Å². The second-order valence-corrected chi connectivity index (χ2v) is 8.08. The van der Waals surface area contributed by atoms with Crippen LogP contribution in [0.4, 0.5) is 5.69 Å². The number of anilines is 1. The van der Waals surface area contributed by atoms with E-state index in [2.05, 4.69) is 49.3 Å². The van der Waals surface area contributed by atoms with Gasteiger partial charge >= 0.3 is 0 Å². The number of H-pyrrole nitrogens is 1. The first-order chi connectivity index (χ1) is 11.9. The molecule has 1 aromatic heterocycles. The summed E-state index contributed by atoms with van der Waals surface area (Å²) < 4.78 is 0. The van der Waals surface area contributed by atoms with Gasteiger partial charge in [0.25, 0.3) is 0 Å². The van der Waals surface area contributed by atoms with E-state index in [1.165, 1.54) is 0 Å². The van der Waals surface area contributed by atoms with Gasteiger partial charge in [-0.1, -0.05) is 57.2 Å². The third kappa shape index (κ3) is 2.64. The Morgan fingerprint density at radius 1 is 1.04 bits per heavy atom. The van der Waals surface area contributed by atoms with E-state index in [4.69, 9.17) is 0 Å². The smallest absolute Gasteiger partial charge is 0.235 e. The molecule has 3 heteroatoms. The monoisotopic (exact) mass is 332 g/mol. The van der Waals surface area contributed by atoms with Crippen LogP contribution >= 0.6 is 0 Å². The average molecular weight is 332 g/mol. The lowest BCUT2D eigenvalue weighted by molar-refractivity contribution is -0.118. The van der Waals surface area contributed by atoms with E-state index < -0.39 is 5.41 Å². The number of aromatic nitrogens is 1. The highest BCUT2D eigenvalue weighted by Gasteiger charge is 2.52. The van der Waals surface area contributed by atoms with Crippen molar-refractivity contribution in [2.24, 2.45) is 0 Å². The van der Waals surface area contributed by atoms with E-state index in [-0.39, 0.29) is 11.3 Å². The van der Waals surface area contributed by atoms with Gasteiger partial charge < -0.3 is 10.3 Å². The van der Waals surface area contributed by atoms with Crippen LogP contribution in [0.1, 0.15) is 44.7 Å². The third-order valence-electron chi connectivity index (χ3n) is 5.27. The van der Waals surface area contributed by atoms with E-state index >= 15 is 0 Å². The van der Waals surface area contributed by atoms with Gasteiger partial charge in [0, 0.05) is 22.8 Å². The molecule has 3 aromatic rings. The van der Waals surface area contributed by atoms with Crippen molar-refractivity contribution in [2.45, 2.75) is 44.4 Å². The normalized spacial score (nSPS) is 16.0. The fourth-order valence-electron chi connectivity index (χ4n) is 3.70. The van der Waals surface area contributed by atoms with Crippen molar-refractivity contribution in [1.82, 2.24) is 4.98 Å². The van der Waals surface area contributed by atoms with Crippen molar-refractivity contribution < 1.29 is 4.79 Å². The maximum absolute atomic E-state index is 13.2. The summed E-state index contributed by atoms with van der Waals surface area (Å²) in [6.07, 6.45) is 3.81. The first-order valence-electron chi connectivity index (χ1n) is 8.89. The van der Waals surface area contributed by atoms with Crippen LogP contribution < -0.4 is 5.32 Å². The molecular weight excluding hydrogens is 308 g/mol. The number of hydrogen-bond donors (Lipinski definition) is 2. The number of benzene rings is 2. The fraction of sp³-hybridized carbons (Fsp3) is 0.318. The lowest BCUT2D eigenvalue weighted by Crippen LogP contribution is -2.29. The minimum Gasteiger partial charge on any atom is -0.361 e. The van der Waals surface area contributed by atoms with Gasteiger partial charge in [-0.15, -0.1) is 0 Å². The van der Waals surface area contributed by atoms with Crippen LogP contribution in [0.2, 0.25) is 0 Å². The molecule has 0 radical (unpaired) electrons. The lowest BCUT2D eigenvalue weighted by atomic mass is 9.85. The van der Waals surface area contributed by atoms with Crippen molar-refractivity contribution in [3.63, 3.8) is 0 Å². The summed E-state index contributed by atoms with van der Waals surface area (Å²) in [6, 6.07) is 16.3. The zero-order valence-corrected chi connectivity index (χ0v) is 15.0. The highest BCUT2D eigenvalue weighted by atomic mass is 16.2. The van der Waals surface area contributed by atoms with Crippen LogP contribution in [0.3, 0.4) is 0 Å². The summed E-state index contributed by atoms with van der Waals surface area (Å²) in [7, 11) is 0. The molecule has 1 heterocycles. The fourth-order valence-corrected chi connectivity index (χ4v) is 3.70. The zero-order chi connectivity index (χ0) is 17.7. The van der Waals surface area contributed by atoms with E-state index in [1.54, 1.807) is 0 Å². The highest BCUT2D eigenvalue weighted by molar-refractivity contribution is 6.05. The summed E-state index contributed by atoms with van der Waals surface area (Å²) >= 11 is 0. The average Bonchev–Trinajstić information content (AvgIpc) is 3.28. The number of fused-ring (bicyclic) bond motifs is 1. The van der Waals surface area contributed by atoms with E-state index in [9.17, 15) is 4.79 Å². The Bertz CT molecular complexity index is 942. The molecule has 0 unspecified atom stereocenters. The van der Waals surface area contributed by atoms with Crippen LogP contribution in [0.5, 0.6) is 0 Å². The van der Waals surface area contributed by atoms with Crippen LogP contribution in [-0.2, 0) is 15.6 Å². The van der Waals surface area contributed by atoms with E-state index in [0.717, 1.165) is 40.6 Å². The van der Waals surface area contributed by atoms with Crippen molar-refractivity contribution in [3.8, 4) is 0 Å². The Morgan fingerprint density at radius 2 is 1.72 bits per heavy atom. The van der Waals surface area contributed by atoms with Gasteiger partial charge in [0.1, 0.15) is 0 Å². The Balaban J connectivity index is 1.69. The molecule has 3 nitrogen and oxygen atoms in total. The largest absolute Gasteiger partial charge is 0.361 e. The molecule has 0 bridgehead atoms. The molecule has 25 heavy (non-hydrogen) atoms. The number of carbonyl (C=O) groups is 1. The van der Waals surface area contributed by atoms with Crippen LogP contribution in [0.15, 0.2) is 54.7 Å². The molecule has 1 saturated carbocycles. The standard InChI is InChI=1S/C22H24N2O/c1-21(2,3)16-9-5-7-11-19(16)24-20(25)22(12-13-22)17-14-23-18-10-6-4-8-15(17)18/h4-11,14,23H,12-13H2,1-3H3,(H,24,25). The van der Waals surface area contributed by atoms with Crippen molar-refractivity contribution in [2.75, 3.05) is 5.32 Å². The molecule has 4 rings (SSSR count). The number of para-hydroxylation sites is 2. The zero-order valence-electron chi connectivity index (χ0n) is 15.0. The number of aromatic amines is 1. The molecule has 2 N–H and O–H groups in total. The molecule has 1 fully saturated rings. The molecule has 0 spiro atoms. The molecule has 0 saturated heterocycles. The molecule has 1 aliphatic rings. The van der Waals surface area contributed by atoms with E-state index in [1.807, 2.05) is 36.5 Å². The maximum atomic E-state index is 13.2. The lowest BCUT2D eigenvalue weighted by Gasteiger charge is -2.24. The quantitative estimate of drug-likeness (QED) is 0.685. The van der Waals surface area contributed by atoms with Crippen molar-refractivity contribution >= 4 is 22.5 Å². The van der Waals surface area contributed by atoms with Gasteiger partial charge in [-0.3, -0.25) is 4.79 Å². The van der Waals surface area contributed by atoms with Gasteiger partial charge in [0.05, 0.1) is 5.41 Å². The Morgan fingerprint density at radius 3 is 2.44 bits per heavy atom. The topological polar surface area (TPSA) is 44.9 Å². The Labute approximate surface area is 148 Å². The number of hydrogen-bond acceptors (Lipinski definition) is 1. The summed E-state index contributed by atoms with van der Waals surface area (Å²) in [5.74, 6) is 0.106. The van der Waals surface area contributed by atoms with Crippen molar-refractivity contribution in [1.29, 1.82) is 0 Å². The summed E-state index contributed by atoms with van der Waals surface area (Å²) in [4.78, 5) is 16.5. The maximum Gasteiger partial charge on any atom is 0.235 e. The predicted octanol–water partition coefficient (Wildman–Crippen LogP) is 5.14. The third-order valence-corrected chi connectivity index (χ3v) is 5.27. The van der Waals surface area contributed by atoms with Gasteiger partial charge in [-0.2, -0.15) is 0 Å². The van der Waals surface area contributed by atoms with Crippen molar-refractivity contribution in [3.05, 3.63) is 65.9 Å². The number of amides is 1. The summed E-state index contributed by atoms with van der Waals surface area (Å²) in [6.45, 7) is 6.51. The van der Waals surface area contributed by atoms with Gasteiger partial charge in [-0.25, -0.2) is 0 Å². The molecular formula is C22H24N2O. The first kappa shape index (κ1) is 15.9. The van der Waals surface area contributed by atoms with Crippen LogP contribution in [0, 0.1) is 0 Å². The SMILES string of the molecule is CC(C)(C)c1ccccc1NC(=O)C1(c2c[nH]c3ccccc23)CC1. The minimum absolute atomic E-state index is 0.0125. The Kier molecular flexibility index (Phi) is 3.50. The molecule has 128 valence electrons. The second kappa shape index (κ2) is 5.48. The van der Waals surface area contributed by atoms with E-state index in [0.29, 0.717) is 0 Å². The van der Waals surface area contributed by atoms with Gasteiger partial charge in [0.2, 0.25) is 5.91 Å². The summed E-state index contributed by atoms with van der Waals surface area (Å²) in [5.41, 5.74) is 3.89. The van der Waals surface area contributed by atoms with Gasteiger partial charge in [-0.05, 0) is 41.5 Å². The van der Waals surface area contributed by atoms with Crippen LogP contribution in [-0.4, -0.2) is 10.9 Å². The molecule has 1 aliphatic carbocycles. The summed E-state index contributed by atoms with van der Waals surface area (Å²) in [5, 5.41) is 4.37. The number of carbonyl (C=O) groups excluding carboxylic acids is 1. The Hall–Kier alpha value is -2.55. The number of nitrogens with one attached hydrogen (secondary N) is 2. The predicted molar refractivity (Wildman–Crippen MR) is 103 cm³/mol. The molecule has 2 aromatic carbocycles. The highest BCUT2D eigenvalue weighted by Crippen LogP contribution is 2.51. The number of rotatable bonds is 3. The first-order valence-corrected chi connectivity index (χ1v) is 8.89. The molecule has 0 aliphatic heterocycles. The molecule has 1 amide bonds. The second-order valence-electron chi connectivity index (χ2n) is 8.08.